The van der Waals surface area contributed by atoms with Gasteiger partial charge < -0.3 is 4.57 Å². The number of benzene rings is 2. The van der Waals surface area contributed by atoms with Crippen LogP contribution in [-0.2, 0) is 16.6 Å². The quantitative estimate of drug-likeness (QED) is 0.666. The third-order valence-corrected chi connectivity index (χ3v) is 5.75. The lowest BCUT2D eigenvalue weighted by molar-refractivity contribution is 0.601. The van der Waals surface area contributed by atoms with Crippen LogP contribution >= 0.6 is 23.2 Å². The number of hydrogen-bond acceptors (Lipinski definition) is 3. The number of sulfonamides is 1. The highest BCUT2D eigenvalue weighted by atomic mass is 35.5. The summed E-state index contributed by atoms with van der Waals surface area (Å²) < 4.78 is 29.9. The van der Waals surface area contributed by atoms with Gasteiger partial charge in [-0.1, -0.05) is 29.3 Å². The summed E-state index contributed by atoms with van der Waals surface area (Å²) in [5, 5.41) is 0.916. The highest BCUT2D eigenvalue weighted by Crippen LogP contribution is 2.26. The first-order chi connectivity index (χ1) is 12.2. The average Bonchev–Trinajstić information content (AvgIpc) is 2.87. The molecule has 0 fully saturated rings. The van der Waals surface area contributed by atoms with E-state index in [0.717, 1.165) is 17.1 Å². The first-order valence-electron chi connectivity index (χ1n) is 7.82. The predicted octanol–water partition coefficient (Wildman–Crippen LogP) is 4.66. The molecular weight excluding hydrogens is 393 g/mol. The molecule has 0 atom stereocenters. The van der Waals surface area contributed by atoms with Gasteiger partial charge in [0, 0.05) is 16.2 Å². The van der Waals surface area contributed by atoms with Crippen molar-refractivity contribution in [3.05, 3.63) is 75.8 Å². The van der Waals surface area contributed by atoms with Crippen molar-refractivity contribution < 1.29 is 8.42 Å². The van der Waals surface area contributed by atoms with Gasteiger partial charge in [0.2, 0.25) is 0 Å². The normalized spacial score (nSPS) is 11.5. The number of hydrogen-bond donors (Lipinski definition) is 1. The van der Waals surface area contributed by atoms with E-state index in [-0.39, 0.29) is 4.90 Å². The van der Waals surface area contributed by atoms with Crippen LogP contribution in [0.3, 0.4) is 0 Å². The Balaban J connectivity index is 1.95. The van der Waals surface area contributed by atoms with Crippen molar-refractivity contribution in [2.45, 2.75) is 25.3 Å². The maximum Gasteiger partial charge on any atom is 0.261 e. The van der Waals surface area contributed by atoms with Crippen LogP contribution in [0.5, 0.6) is 0 Å². The molecule has 0 aliphatic heterocycles. The third-order valence-electron chi connectivity index (χ3n) is 3.88. The molecule has 1 heterocycles. The van der Waals surface area contributed by atoms with Crippen molar-refractivity contribution >= 4 is 38.9 Å². The molecule has 0 unspecified atom stereocenters. The van der Waals surface area contributed by atoms with Crippen LogP contribution in [0.1, 0.15) is 17.1 Å². The molecule has 3 rings (SSSR count). The molecule has 26 heavy (non-hydrogen) atoms. The van der Waals surface area contributed by atoms with Gasteiger partial charge in [0.1, 0.15) is 5.82 Å². The monoisotopic (exact) mass is 409 g/mol. The van der Waals surface area contributed by atoms with Crippen molar-refractivity contribution in [1.29, 1.82) is 0 Å². The van der Waals surface area contributed by atoms with E-state index in [1.54, 1.807) is 18.2 Å². The van der Waals surface area contributed by atoms with Crippen LogP contribution < -0.4 is 4.72 Å². The number of halogens is 2. The summed E-state index contributed by atoms with van der Waals surface area (Å²) in [5.74, 6) is 0.851. The zero-order valence-electron chi connectivity index (χ0n) is 14.2. The number of nitrogens with zero attached hydrogens (tertiary/aromatic N) is 2. The summed E-state index contributed by atoms with van der Waals surface area (Å²) in [6.45, 7) is 4.29. The Morgan fingerprint density at radius 2 is 1.69 bits per heavy atom. The molecule has 1 N–H and O–H groups in total. The molecule has 8 heteroatoms. The van der Waals surface area contributed by atoms with E-state index >= 15 is 0 Å². The van der Waals surface area contributed by atoms with Gasteiger partial charge in [-0.15, -0.1) is 0 Å². The molecule has 2 aromatic carbocycles. The summed E-state index contributed by atoms with van der Waals surface area (Å²) in [4.78, 5) is 4.50. The Bertz CT molecular complexity index is 1040. The second-order valence-electron chi connectivity index (χ2n) is 5.92. The predicted molar refractivity (Wildman–Crippen MR) is 105 cm³/mol. The number of aryl methyl sites for hydroxylation is 2. The Hall–Kier alpha value is -2.02. The molecule has 136 valence electrons. The van der Waals surface area contributed by atoms with Gasteiger partial charge in [-0.05, 0) is 55.8 Å². The number of rotatable bonds is 5. The SMILES string of the molecule is Cc1cn(Cc2ccc(Cl)cc2NS(=O)(=O)c2ccc(Cl)cc2)c(C)n1. The maximum absolute atomic E-state index is 12.7. The lowest BCUT2D eigenvalue weighted by atomic mass is 10.2. The molecule has 3 aromatic rings. The number of aromatic nitrogens is 2. The highest BCUT2D eigenvalue weighted by molar-refractivity contribution is 7.92. The largest absolute Gasteiger partial charge is 0.330 e. The Labute approximate surface area is 162 Å². The van der Waals surface area contributed by atoms with Crippen LogP contribution in [0.15, 0.2) is 53.6 Å². The van der Waals surface area contributed by atoms with Gasteiger partial charge >= 0.3 is 0 Å². The third kappa shape index (κ3) is 4.20. The second-order valence-corrected chi connectivity index (χ2v) is 8.47. The standard InChI is InChI=1S/C18H17Cl2N3O2S/c1-12-10-23(13(2)21-12)11-14-3-4-16(20)9-18(14)22-26(24,25)17-7-5-15(19)6-8-17/h3-10,22H,11H2,1-2H3. The van der Waals surface area contributed by atoms with Gasteiger partial charge in [0.15, 0.2) is 0 Å². The van der Waals surface area contributed by atoms with Gasteiger partial charge in [-0.25, -0.2) is 13.4 Å². The molecule has 1 aromatic heterocycles. The van der Waals surface area contributed by atoms with Gasteiger partial charge in [0.25, 0.3) is 10.0 Å². The van der Waals surface area contributed by atoms with E-state index in [1.165, 1.54) is 24.3 Å². The van der Waals surface area contributed by atoms with Gasteiger partial charge in [0.05, 0.1) is 22.8 Å². The lowest BCUT2D eigenvalue weighted by Crippen LogP contribution is -2.15. The van der Waals surface area contributed by atoms with Gasteiger partial charge in [-0.3, -0.25) is 4.72 Å². The van der Waals surface area contributed by atoms with Crippen LogP contribution in [0.25, 0.3) is 0 Å². The van der Waals surface area contributed by atoms with Crippen LogP contribution in [0.2, 0.25) is 10.0 Å². The minimum absolute atomic E-state index is 0.127. The number of anilines is 1. The maximum atomic E-state index is 12.7. The molecule has 0 amide bonds. The highest BCUT2D eigenvalue weighted by Gasteiger charge is 2.17. The molecule has 0 aliphatic rings. The van der Waals surface area contributed by atoms with Crippen molar-refractivity contribution in [3.63, 3.8) is 0 Å². The summed E-state index contributed by atoms with van der Waals surface area (Å²) in [6, 6.07) is 11.1. The van der Waals surface area contributed by atoms with E-state index in [0.29, 0.717) is 22.3 Å². The minimum Gasteiger partial charge on any atom is -0.330 e. The van der Waals surface area contributed by atoms with Crippen molar-refractivity contribution in [1.82, 2.24) is 9.55 Å². The Morgan fingerprint density at radius 3 is 2.31 bits per heavy atom. The van der Waals surface area contributed by atoms with E-state index in [2.05, 4.69) is 9.71 Å². The van der Waals surface area contributed by atoms with Gasteiger partial charge in [-0.2, -0.15) is 0 Å². The summed E-state index contributed by atoms with van der Waals surface area (Å²) in [7, 11) is -3.76. The second kappa shape index (κ2) is 7.31. The summed E-state index contributed by atoms with van der Waals surface area (Å²) in [6.07, 6.45) is 1.92. The fourth-order valence-corrected chi connectivity index (χ4v) is 4.00. The smallest absolute Gasteiger partial charge is 0.261 e. The zero-order valence-corrected chi connectivity index (χ0v) is 16.5. The van der Waals surface area contributed by atoms with Crippen LogP contribution in [0, 0.1) is 13.8 Å². The average molecular weight is 410 g/mol. The van der Waals surface area contributed by atoms with Crippen molar-refractivity contribution in [2.24, 2.45) is 0 Å². The minimum atomic E-state index is -3.76. The van der Waals surface area contributed by atoms with Crippen LogP contribution in [0.4, 0.5) is 5.69 Å². The molecular formula is C18H17Cl2N3O2S. The first kappa shape index (κ1) is 18.8. The molecule has 0 radical (unpaired) electrons. The van der Waals surface area contributed by atoms with Crippen molar-refractivity contribution in [2.75, 3.05) is 4.72 Å². The first-order valence-corrected chi connectivity index (χ1v) is 10.1. The van der Waals surface area contributed by atoms with E-state index < -0.39 is 10.0 Å². The Kier molecular flexibility index (Phi) is 5.27. The summed E-state index contributed by atoms with van der Waals surface area (Å²) >= 11 is 11.9. The molecule has 5 nitrogen and oxygen atoms in total. The van der Waals surface area contributed by atoms with Crippen molar-refractivity contribution in [3.8, 4) is 0 Å². The molecule has 0 spiro atoms. The zero-order chi connectivity index (χ0) is 18.9. The van der Waals surface area contributed by atoms with E-state index in [1.807, 2.05) is 24.6 Å². The fraction of sp³-hybridized carbons (Fsp3) is 0.167. The topological polar surface area (TPSA) is 64.0 Å². The van der Waals surface area contributed by atoms with E-state index in [9.17, 15) is 8.42 Å². The molecule has 0 saturated carbocycles. The molecule has 0 bridgehead atoms. The Morgan fingerprint density at radius 1 is 1.04 bits per heavy atom. The molecule has 0 aliphatic carbocycles. The van der Waals surface area contributed by atoms with Crippen LogP contribution in [-0.4, -0.2) is 18.0 Å². The fourth-order valence-electron chi connectivity index (χ4n) is 2.61. The number of nitrogens with one attached hydrogen (secondary N) is 1. The van der Waals surface area contributed by atoms with E-state index in [4.69, 9.17) is 23.2 Å². The lowest BCUT2D eigenvalue weighted by Gasteiger charge is -2.14. The summed E-state index contributed by atoms with van der Waals surface area (Å²) in [5.41, 5.74) is 2.12. The molecule has 0 saturated heterocycles. The number of imidazole rings is 1.